The summed E-state index contributed by atoms with van der Waals surface area (Å²) in [5, 5.41) is 3.24. The van der Waals surface area contributed by atoms with Crippen molar-refractivity contribution in [2.45, 2.75) is 24.9 Å². The Balaban J connectivity index is 2.39. The normalized spacial score (nSPS) is 20.4. The summed E-state index contributed by atoms with van der Waals surface area (Å²) in [5.74, 6) is 0.242. The fourth-order valence-corrected chi connectivity index (χ4v) is 3.16. The number of pyridine rings is 1. The maximum absolute atomic E-state index is 14.0. The van der Waals surface area contributed by atoms with Gasteiger partial charge in [0.25, 0.3) is 0 Å². The molecule has 21 heavy (non-hydrogen) atoms. The highest BCUT2D eigenvalue weighted by atomic mass is 35.5. The predicted octanol–water partition coefficient (Wildman–Crippen LogP) is 5.05. The van der Waals surface area contributed by atoms with Gasteiger partial charge in [-0.3, -0.25) is 0 Å². The molecule has 1 aliphatic heterocycles. The number of aromatic nitrogens is 1. The van der Waals surface area contributed by atoms with Crippen LogP contribution in [0.2, 0.25) is 5.02 Å². The van der Waals surface area contributed by atoms with Crippen LogP contribution in [0.1, 0.15) is 24.5 Å². The number of alkyl halides is 3. The van der Waals surface area contributed by atoms with Crippen LogP contribution in [0.3, 0.4) is 0 Å². The summed E-state index contributed by atoms with van der Waals surface area (Å²) in [6.07, 6.45) is -3.09. The molecule has 0 aliphatic carbocycles. The van der Waals surface area contributed by atoms with Crippen LogP contribution in [-0.4, -0.2) is 11.2 Å². The molecule has 6 heteroatoms. The first-order valence-electron chi connectivity index (χ1n) is 6.49. The first-order chi connectivity index (χ1) is 9.90. The number of rotatable bonds is 1. The zero-order valence-electron chi connectivity index (χ0n) is 11.1. The maximum atomic E-state index is 14.0. The first-order valence-corrected chi connectivity index (χ1v) is 6.87. The third-order valence-corrected chi connectivity index (χ3v) is 4.21. The number of halogens is 4. The second-order valence-corrected chi connectivity index (χ2v) is 5.41. The number of anilines is 2. The van der Waals surface area contributed by atoms with Crippen LogP contribution in [0.25, 0.3) is 0 Å². The molecule has 1 atom stereocenters. The van der Waals surface area contributed by atoms with Crippen molar-refractivity contribution >= 4 is 23.1 Å². The molecule has 1 aromatic carbocycles. The fraction of sp³-hybridized carbons (Fsp3) is 0.267. The zero-order chi connectivity index (χ0) is 15.3. The van der Waals surface area contributed by atoms with Crippen LogP contribution >= 0.6 is 11.6 Å². The molecule has 2 heterocycles. The minimum absolute atomic E-state index is 0.121. The number of hydrogen-bond acceptors (Lipinski definition) is 2. The number of nitrogens with one attached hydrogen (secondary N) is 1. The summed E-state index contributed by atoms with van der Waals surface area (Å²) >= 11 is 5.93. The van der Waals surface area contributed by atoms with Gasteiger partial charge in [-0.05, 0) is 36.2 Å². The molecule has 0 saturated carbocycles. The number of fused-ring (bicyclic) bond motifs is 2. The van der Waals surface area contributed by atoms with Crippen LogP contribution in [0.5, 0.6) is 0 Å². The van der Waals surface area contributed by atoms with Crippen LogP contribution in [0.4, 0.5) is 24.7 Å². The van der Waals surface area contributed by atoms with Gasteiger partial charge in [0.1, 0.15) is 11.2 Å². The van der Waals surface area contributed by atoms with Gasteiger partial charge >= 0.3 is 6.18 Å². The van der Waals surface area contributed by atoms with Crippen LogP contribution in [-0.2, 0) is 5.41 Å². The first kappa shape index (κ1) is 14.2. The molecule has 1 aliphatic rings. The van der Waals surface area contributed by atoms with E-state index in [9.17, 15) is 13.2 Å². The van der Waals surface area contributed by atoms with E-state index in [1.807, 2.05) is 0 Å². The SMILES string of the molecule is CCC1(C(F)(F)F)c2cc(Cl)ccc2Nc2ncccc21. The highest BCUT2D eigenvalue weighted by Gasteiger charge is 2.59. The Labute approximate surface area is 125 Å². The zero-order valence-corrected chi connectivity index (χ0v) is 11.9. The van der Waals surface area contributed by atoms with Crippen molar-refractivity contribution in [1.29, 1.82) is 0 Å². The summed E-state index contributed by atoms with van der Waals surface area (Å²) in [7, 11) is 0. The van der Waals surface area contributed by atoms with Crippen LogP contribution in [0.15, 0.2) is 36.5 Å². The van der Waals surface area contributed by atoms with Gasteiger partial charge < -0.3 is 5.32 Å². The van der Waals surface area contributed by atoms with E-state index in [0.29, 0.717) is 5.69 Å². The van der Waals surface area contributed by atoms with Gasteiger partial charge in [0, 0.05) is 22.5 Å². The monoisotopic (exact) mass is 312 g/mol. The van der Waals surface area contributed by atoms with Gasteiger partial charge in [-0.25, -0.2) is 4.98 Å². The standard InChI is InChI=1S/C15H12ClF3N2/c1-2-14(15(17,18)19)10-4-3-7-20-13(10)21-12-6-5-9(16)8-11(12)14/h3-8H,2H2,1H3,(H,20,21). The van der Waals surface area contributed by atoms with E-state index in [-0.39, 0.29) is 28.4 Å². The molecule has 0 bridgehead atoms. The van der Waals surface area contributed by atoms with Gasteiger partial charge in [0.2, 0.25) is 0 Å². The predicted molar refractivity (Wildman–Crippen MR) is 76.1 cm³/mol. The van der Waals surface area contributed by atoms with E-state index in [1.165, 1.54) is 31.3 Å². The summed E-state index contributed by atoms with van der Waals surface area (Å²) in [6.45, 7) is 1.53. The Morgan fingerprint density at radius 1 is 1.24 bits per heavy atom. The largest absolute Gasteiger partial charge is 0.402 e. The average Bonchev–Trinajstić information content (AvgIpc) is 2.43. The molecule has 1 aromatic heterocycles. The Bertz CT molecular complexity index is 700. The average molecular weight is 313 g/mol. The van der Waals surface area contributed by atoms with Crippen molar-refractivity contribution in [3.8, 4) is 0 Å². The maximum Gasteiger partial charge on any atom is 0.402 e. The molecule has 1 N–H and O–H groups in total. The van der Waals surface area contributed by atoms with E-state index in [1.54, 1.807) is 12.1 Å². The number of hydrogen-bond donors (Lipinski definition) is 1. The minimum Gasteiger partial charge on any atom is -0.340 e. The second kappa shape index (κ2) is 4.63. The van der Waals surface area contributed by atoms with Crippen LogP contribution in [0, 0.1) is 0 Å². The van der Waals surface area contributed by atoms with E-state index in [2.05, 4.69) is 10.3 Å². The summed E-state index contributed by atoms with van der Waals surface area (Å²) in [5.41, 5.74) is -1.42. The summed E-state index contributed by atoms with van der Waals surface area (Å²) in [6, 6.07) is 7.50. The quantitative estimate of drug-likeness (QED) is 0.797. The highest BCUT2D eigenvalue weighted by molar-refractivity contribution is 6.30. The molecular formula is C15H12ClF3N2. The highest BCUT2D eigenvalue weighted by Crippen LogP contribution is 2.55. The molecule has 0 fully saturated rings. The minimum atomic E-state index is -4.44. The Morgan fingerprint density at radius 3 is 2.67 bits per heavy atom. The van der Waals surface area contributed by atoms with Crippen molar-refractivity contribution in [1.82, 2.24) is 4.98 Å². The van der Waals surface area contributed by atoms with Gasteiger partial charge in [-0.15, -0.1) is 0 Å². The lowest BCUT2D eigenvalue weighted by Gasteiger charge is -2.41. The summed E-state index contributed by atoms with van der Waals surface area (Å²) < 4.78 is 42.0. The van der Waals surface area contributed by atoms with E-state index in [4.69, 9.17) is 11.6 Å². The molecule has 3 rings (SSSR count). The second-order valence-electron chi connectivity index (χ2n) is 4.97. The van der Waals surface area contributed by atoms with Gasteiger partial charge in [-0.1, -0.05) is 24.6 Å². The van der Waals surface area contributed by atoms with Gasteiger partial charge in [-0.2, -0.15) is 13.2 Å². The van der Waals surface area contributed by atoms with Crippen molar-refractivity contribution in [2.75, 3.05) is 5.32 Å². The van der Waals surface area contributed by atoms with Crippen LogP contribution < -0.4 is 5.32 Å². The third-order valence-electron chi connectivity index (χ3n) is 3.98. The lowest BCUT2D eigenvalue weighted by molar-refractivity contribution is -0.179. The van der Waals surface area contributed by atoms with E-state index >= 15 is 0 Å². The smallest absolute Gasteiger partial charge is 0.340 e. The Kier molecular flexibility index (Phi) is 3.13. The third kappa shape index (κ3) is 1.91. The molecule has 2 nitrogen and oxygen atoms in total. The molecule has 0 saturated heterocycles. The molecule has 0 spiro atoms. The lowest BCUT2D eigenvalue weighted by Crippen LogP contribution is -2.45. The van der Waals surface area contributed by atoms with E-state index in [0.717, 1.165) is 0 Å². The fourth-order valence-electron chi connectivity index (χ4n) is 2.99. The van der Waals surface area contributed by atoms with Crippen molar-refractivity contribution in [3.05, 3.63) is 52.7 Å². The molecule has 0 amide bonds. The summed E-state index contributed by atoms with van der Waals surface area (Å²) in [4.78, 5) is 4.05. The molecule has 1 unspecified atom stereocenters. The molecule has 0 radical (unpaired) electrons. The lowest BCUT2D eigenvalue weighted by atomic mass is 9.69. The molecule has 2 aromatic rings. The van der Waals surface area contributed by atoms with Gasteiger partial charge in [0.05, 0.1) is 0 Å². The Morgan fingerprint density at radius 2 is 2.00 bits per heavy atom. The molecule has 110 valence electrons. The van der Waals surface area contributed by atoms with Crippen molar-refractivity contribution in [3.63, 3.8) is 0 Å². The number of benzene rings is 1. The Hall–Kier alpha value is -1.75. The van der Waals surface area contributed by atoms with Crippen molar-refractivity contribution < 1.29 is 13.2 Å². The topological polar surface area (TPSA) is 24.9 Å². The molecular weight excluding hydrogens is 301 g/mol. The van der Waals surface area contributed by atoms with Crippen molar-refractivity contribution in [2.24, 2.45) is 0 Å². The number of nitrogens with zero attached hydrogens (tertiary/aromatic N) is 1. The van der Waals surface area contributed by atoms with E-state index < -0.39 is 11.6 Å². The van der Waals surface area contributed by atoms with Gasteiger partial charge in [0.15, 0.2) is 0 Å².